The molecular formula is C16H23N5O5S. The van der Waals surface area contributed by atoms with E-state index < -0.39 is 21.0 Å². The summed E-state index contributed by atoms with van der Waals surface area (Å²) >= 11 is 0. The average Bonchev–Trinajstić information content (AvgIpc) is 2.68. The Balaban J connectivity index is 1.65. The number of carbonyl (C=O) groups is 1. The van der Waals surface area contributed by atoms with Crippen molar-refractivity contribution in [1.82, 2.24) is 18.4 Å². The predicted octanol–water partition coefficient (Wildman–Crippen LogP) is -0.155. The number of nitro benzene ring substituents is 1. The highest BCUT2D eigenvalue weighted by Gasteiger charge is 2.35. The lowest BCUT2D eigenvalue weighted by molar-refractivity contribution is -0.385. The molecular weight excluding hydrogens is 374 g/mol. The summed E-state index contributed by atoms with van der Waals surface area (Å²) in [6.45, 7) is 3.06. The minimum absolute atomic E-state index is 0.0258. The average molecular weight is 397 g/mol. The highest BCUT2D eigenvalue weighted by Crippen LogP contribution is 2.21. The smallest absolute Gasteiger partial charge is 0.282 e. The summed E-state index contributed by atoms with van der Waals surface area (Å²) in [7, 11) is -1.59. The van der Waals surface area contributed by atoms with Gasteiger partial charge in [-0.3, -0.25) is 14.9 Å². The van der Waals surface area contributed by atoms with Gasteiger partial charge in [-0.2, -0.15) is 17.0 Å². The van der Waals surface area contributed by atoms with Crippen LogP contribution in [0.1, 0.15) is 10.4 Å². The van der Waals surface area contributed by atoms with Crippen molar-refractivity contribution in [2.75, 3.05) is 59.4 Å². The van der Waals surface area contributed by atoms with Gasteiger partial charge in [0.25, 0.3) is 21.8 Å². The number of piperazine rings is 2. The van der Waals surface area contributed by atoms with Crippen LogP contribution >= 0.6 is 0 Å². The van der Waals surface area contributed by atoms with Crippen LogP contribution in [0.2, 0.25) is 0 Å². The van der Waals surface area contributed by atoms with Crippen LogP contribution in [0.3, 0.4) is 0 Å². The minimum Gasteiger partial charge on any atom is -0.336 e. The molecule has 27 heavy (non-hydrogen) atoms. The fourth-order valence-corrected chi connectivity index (χ4v) is 4.86. The number of nitrogens with zero attached hydrogens (tertiary/aromatic N) is 5. The molecule has 2 saturated heterocycles. The van der Waals surface area contributed by atoms with Crippen molar-refractivity contribution in [2.24, 2.45) is 0 Å². The number of carbonyl (C=O) groups excluding carboxylic acids is 1. The van der Waals surface area contributed by atoms with E-state index in [1.165, 1.54) is 31.7 Å². The second-order valence-electron chi connectivity index (χ2n) is 6.68. The van der Waals surface area contributed by atoms with Gasteiger partial charge in [-0.25, -0.2) is 0 Å². The zero-order valence-electron chi connectivity index (χ0n) is 15.2. The number of hydrogen-bond donors (Lipinski definition) is 0. The monoisotopic (exact) mass is 397 g/mol. The number of rotatable bonds is 4. The lowest BCUT2D eigenvalue weighted by Crippen LogP contribution is -2.57. The first-order valence-corrected chi connectivity index (χ1v) is 10.2. The number of amides is 1. The molecule has 2 heterocycles. The minimum atomic E-state index is -3.55. The van der Waals surface area contributed by atoms with Crippen LogP contribution in [0.15, 0.2) is 24.3 Å². The van der Waals surface area contributed by atoms with E-state index in [0.717, 1.165) is 0 Å². The van der Waals surface area contributed by atoms with E-state index in [1.807, 2.05) is 7.05 Å². The van der Waals surface area contributed by atoms with Gasteiger partial charge in [0, 0.05) is 58.4 Å². The maximum Gasteiger partial charge on any atom is 0.282 e. The largest absolute Gasteiger partial charge is 0.336 e. The third-order valence-electron chi connectivity index (χ3n) is 4.97. The van der Waals surface area contributed by atoms with Gasteiger partial charge < -0.3 is 9.80 Å². The van der Waals surface area contributed by atoms with E-state index in [9.17, 15) is 23.3 Å². The van der Waals surface area contributed by atoms with Gasteiger partial charge in [0.05, 0.1) is 4.92 Å². The molecule has 1 aromatic rings. The molecule has 0 saturated carbocycles. The van der Waals surface area contributed by atoms with E-state index in [-0.39, 0.29) is 37.4 Å². The fraction of sp³-hybridized carbons (Fsp3) is 0.562. The van der Waals surface area contributed by atoms with Gasteiger partial charge in [0.2, 0.25) is 0 Å². The highest BCUT2D eigenvalue weighted by molar-refractivity contribution is 7.86. The van der Waals surface area contributed by atoms with Crippen LogP contribution in [0, 0.1) is 10.1 Å². The molecule has 11 heteroatoms. The molecule has 0 aromatic heterocycles. The standard InChI is InChI=1S/C16H23N5O5S/c1-17-6-10-19(11-7-17)27(25,26)20-12-8-18(9-13-20)16(22)14-4-2-3-5-15(14)21(23)24/h2-5H,6-13H2,1H3. The van der Waals surface area contributed by atoms with Crippen molar-refractivity contribution in [2.45, 2.75) is 0 Å². The van der Waals surface area contributed by atoms with Crippen LogP contribution in [0.4, 0.5) is 5.69 Å². The van der Waals surface area contributed by atoms with Crippen LogP contribution in [0.25, 0.3) is 0 Å². The molecule has 3 rings (SSSR count). The summed E-state index contributed by atoms with van der Waals surface area (Å²) in [5.74, 6) is -0.445. The molecule has 2 aliphatic heterocycles. The van der Waals surface area contributed by atoms with E-state index in [4.69, 9.17) is 0 Å². The maximum absolute atomic E-state index is 12.8. The molecule has 0 bridgehead atoms. The second-order valence-corrected chi connectivity index (χ2v) is 8.60. The number of hydrogen-bond acceptors (Lipinski definition) is 6. The maximum atomic E-state index is 12.8. The Hall–Kier alpha value is -2.08. The van der Waals surface area contributed by atoms with Crippen molar-refractivity contribution in [3.63, 3.8) is 0 Å². The second kappa shape index (κ2) is 7.89. The molecule has 0 N–H and O–H groups in total. The molecule has 1 amide bonds. The molecule has 0 radical (unpaired) electrons. The molecule has 0 atom stereocenters. The van der Waals surface area contributed by atoms with E-state index in [2.05, 4.69) is 4.90 Å². The molecule has 0 spiro atoms. The summed E-state index contributed by atoms with van der Waals surface area (Å²) in [5, 5.41) is 11.1. The summed E-state index contributed by atoms with van der Waals surface area (Å²) < 4.78 is 28.4. The Bertz CT molecular complexity index is 814. The van der Waals surface area contributed by atoms with Gasteiger partial charge in [-0.05, 0) is 13.1 Å². The van der Waals surface area contributed by atoms with Crippen LogP contribution < -0.4 is 0 Å². The van der Waals surface area contributed by atoms with E-state index >= 15 is 0 Å². The van der Waals surface area contributed by atoms with Crippen molar-refractivity contribution in [1.29, 1.82) is 0 Å². The summed E-state index contributed by atoms with van der Waals surface area (Å²) in [6.07, 6.45) is 0. The Morgan fingerprint density at radius 2 is 1.48 bits per heavy atom. The van der Waals surface area contributed by atoms with Gasteiger partial charge in [-0.1, -0.05) is 12.1 Å². The van der Waals surface area contributed by atoms with Crippen LogP contribution in [0.5, 0.6) is 0 Å². The lowest BCUT2D eigenvalue weighted by Gasteiger charge is -2.39. The van der Waals surface area contributed by atoms with Gasteiger partial charge >= 0.3 is 0 Å². The summed E-state index contributed by atoms with van der Waals surface area (Å²) in [4.78, 5) is 26.8. The Morgan fingerprint density at radius 1 is 0.963 bits per heavy atom. The van der Waals surface area contributed by atoms with Crippen molar-refractivity contribution < 1.29 is 18.1 Å². The first-order chi connectivity index (χ1) is 12.8. The SMILES string of the molecule is CN1CCN(S(=O)(=O)N2CCN(C(=O)c3ccccc3[N+](=O)[O-])CC2)CC1. The fourth-order valence-electron chi connectivity index (χ4n) is 3.29. The van der Waals surface area contributed by atoms with Crippen molar-refractivity contribution in [3.8, 4) is 0 Å². The number of likely N-dealkylation sites (N-methyl/N-ethyl adjacent to an activating group) is 1. The zero-order chi connectivity index (χ0) is 19.6. The van der Waals surface area contributed by atoms with Gasteiger partial charge in [-0.15, -0.1) is 0 Å². The molecule has 0 unspecified atom stereocenters. The number of benzene rings is 1. The predicted molar refractivity (Wildman–Crippen MR) is 98.6 cm³/mol. The Labute approximate surface area is 158 Å². The van der Waals surface area contributed by atoms with Crippen molar-refractivity contribution in [3.05, 3.63) is 39.9 Å². The van der Waals surface area contributed by atoms with Crippen molar-refractivity contribution >= 4 is 21.8 Å². The zero-order valence-corrected chi connectivity index (χ0v) is 16.0. The van der Waals surface area contributed by atoms with Gasteiger partial charge in [0.15, 0.2) is 0 Å². The topological polar surface area (TPSA) is 107 Å². The number of nitro groups is 1. The lowest BCUT2D eigenvalue weighted by atomic mass is 10.1. The Kier molecular flexibility index (Phi) is 5.75. The quantitative estimate of drug-likeness (QED) is 0.516. The normalized spacial score (nSPS) is 20.6. The third kappa shape index (κ3) is 4.10. The first-order valence-electron chi connectivity index (χ1n) is 8.77. The van der Waals surface area contributed by atoms with Crippen LogP contribution in [-0.4, -0.2) is 97.1 Å². The molecule has 0 aliphatic carbocycles. The molecule has 2 aliphatic rings. The summed E-state index contributed by atoms with van der Waals surface area (Å²) in [5.41, 5.74) is -0.215. The molecule has 148 valence electrons. The summed E-state index contributed by atoms with van der Waals surface area (Å²) in [6, 6.07) is 5.80. The third-order valence-corrected chi connectivity index (χ3v) is 7.01. The Morgan fingerprint density at radius 3 is 2.04 bits per heavy atom. The van der Waals surface area contributed by atoms with E-state index in [1.54, 1.807) is 6.07 Å². The molecule has 1 aromatic carbocycles. The number of para-hydroxylation sites is 1. The first kappa shape index (κ1) is 19.7. The molecule has 10 nitrogen and oxygen atoms in total. The van der Waals surface area contributed by atoms with Gasteiger partial charge in [0.1, 0.15) is 5.56 Å². The molecule has 2 fully saturated rings. The van der Waals surface area contributed by atoms with E-state index in [0.29, 0.717) is 26.2 Å². The highest BCUT2D eigenvalue weighted by atomic mass is 32.2. The van der Waals surface area contributed by atoms with Crippen LogP contribution in [-0.2, 0) is 10.2 Å².